The Morgan fingerprint density at radius 1 is 1.56 bits per heavy atom. The van der Waals surface area contributed by atoms with Crippen molar-refractivity contribution in [3.63, 3.8) is 0 Å². The van der Waals surface area contributed by atoms with E-state index < -0.39 is 0 Å². The molecule has 0 amide bonds. The van der Waals surface area contributed by atoms with E-state index in [0.717, 1.165) is 5.41 Å². The van der Waals surface area contributed by atoms with Gasteiger partial charge in [-0.2, -0.15) is 0 Å². The third-order valence-electron chi connectivity index (χ3n) is 4.42. The van der Waals surface area contributed by atoms with Crippen LogP contribution in [0, 0.1) is 23.2 Å². The van der Waals surface area contributed by atoms with Crippen molar-refractivity contribution in [1.29, 1.82) is 0 Å². The van der Waals surface area contributed by atoms with Gasteiger partial charge < -0.3 is 0 Å². The van der Waals surface area contributed by atoms with Gasteiger partial charge in [0, 0.05) is 0 Å². The van der Waals surface area contributed by atoms with Gasteiger partial charge in [0.15, 0.2) is 0 Å². The van der Waals surface area contributed by atoms with Crippen LogP contribution in [0.15, 0.2) is 0 Å². The van der Waals surface area contributed by atoms with Gasteiger partial charge in [0.25, 0.3) is 0 Å². The van der Waals surface area contributed by atoms with Crippen molar-refractivity contribution in [1.82, 2.24) is 0 Å². The summed E-state index contributed by atoms with van der Waals surface area (Å²) in [5, 5.41) is 0. The highest BCUT2D eigenvalue weighted by Crippen LogP contribution is 2.84. The summed E-state index contributed by atoms with van der Waals surface area (Å²) in [7, 11) is 0. The first-order chi connectivity index (χ1) is 4.39. The van der Waals surface area contributed by atoms with Crippen molar-refractivity contribution in [3.8, 4) is 0 Å². The van der Waals surface area contributed by atoms with Gasteiger partial charge in [0.05, 0.1) is 0 Å². The highest BCUT2D eigenvalue weighted by Gasteiger charge is 2.77. The molecule has 0 heteroatoms. The van der Waals surface area contributed by atoms with Gasteiger partial charge in [0.2, 0.25) is 0 Å². The van der Waals surface area contributed by atoms with Gasteiger partial charge in [-0.25, -0.2) is 0 Å². The molecule has 3 saturated carbocycles. The summed E-state index contributed by atoms with van der Waals surface area (Å²) in [6, 6.07) is 0. The molecule has 0 N–H and O–H groups in total. The van der Waals surface area contributed by atoms with Crippen molar-refractivity contribution in [2.24, 2.45) is 23.2 Å². The summed E-state index contributed by atoms with van der Waals surface area (Å²) in [6.45, 7) is 2.37. The molecule has 0 nitrogen and oxygen atoms in total. The Kier molecular flexibility index (Phi) is 0.574. The lowest BCUT2D eigenvalue weighted by molar-refractivity contribution is 0.0287. The maximum Gasteiger partial charge on any atom is -0.0207 e. The summed E-state index contributed by atoms with van der Waals surface area (Å²) < 4.78 is 0. The summed E-state index contributed by atoms with van der Waals surface area (Å²) in [5.74, 6) is 3.63. The van der Waals surface area contributed by atoms with Crippen LogP contribution in [0.25, 0.3) is 0 Å². The minimum atomic E-state index is 0.995. The maximum atomic E-state index is 2.37. The first-order valence-corrected chi connectivity index (χ1v) is 4.39. The van der Waals surface area contributed by atoms with E-state index in [0.29, 0.717) is 0 Å². The van der Waals surface area contributed by atoms with Crippen LogP contribution >= 0.6 is 0 Å². The van der Waals surface area contributed by atoms with Crippen LogP contribution in [0.3, 0.4) is 0 Å². The summed E-state index contributed by atoms with van der Waals surface area (Å²) >= 11 is 0. The van der Waals surface area contributed by atoms with Crippen molar-refractivity contribution in [2.75, 3.05) is 0 Å². The quantitative estimate of drug-likeness (QED) is 0.501. The molecular weight excluding hydrogens is 108 g/mol. The van der Waals surface area contributed by atoms with E-state index in [-0.39, 0.29) is 0 Å². The van der Waals surface area contributed by atoms with E-state index in [1.54, 1.807) is 19.3 Å². The van der Waals surface area contributed by atoms with Gasteiger partial charge in [-0.3, -0.25) is 0 Å². The molecule has 0 bridgehead atoms. The van der Waals surface area contributed by atoms with E-state index >= 15 is 0 Å². The predicted octanol–water partition coefficient (Wildman–Crippen LogP) is 2.44. The molecule has 3 fully saturated rings. The fraction of sp³-hybridized carbons (Fsp3) is 1.00. The molecule has 0 heterocycles. The third-order valence-corrected chi connectivity index (χ3v) is 4.42. The molecule has 9 heavy (non-hydrogen) atoms. The zero-order chi connectivity index (χ0) is 6.06. The molecule has 0 aliphatic heterocycles. The summed E-state index contributed by atoms with van der Waals surface area (Å²) in [5.41, 5.74) is 0.995. The Balaban J connectivity index is 1.87. The second-order valence-corrected chi connectivity index (χ2v) is 4.20. The molecule has 3 aliphatic carbocycles. The second kappa shape index (κ2) is 1.09. The standard InChI is InChI=1S/C9H14/c1-2-7-8-5-6-3-4-9(6,7)8/h6-8H,2-5H2,1H3. The molecule has 0 aromatic heterocycles. The normalized spacial score (nSPS) is 67.0. The van der Waals surface area contributed by atoms with Crippen molar-refractivity contribution >= 4 is 0 Å². The van der Waals surface area contributed by atoms with E-state index in [1.807, 2.05) is 0 Å². The number of hydrogen-bond acceptors (Lipinski definition) is 0. The van der Waals surface area contributed by atoms with Crippen LogP contribution in [0.1, 0.15) is 32.6 Å². The van der Waals surface area contributed by atoms with Crippen LogP contribution in [-0.4, -0.2) is 0 Å². The van der Waals surface area contributed by atoms with Crippen LogP contribution in [0.2, 0.25) is 0 Å². The zero-order valence-corrected chi connectivity index (χ0v) is 6.06. The van der Waals surface area contributed by atoms with Gasteiger partial charge in [0.1, 0.15) is 0 Å². The molecule has 50 valence electrons. The van der Waals surface area contributed by atoms with E-state index in [4.69, 9.17) is 0 Å². The lowest BCUT2D eigenvalue weighted by Gasteiger charge is -2.46. The highest BCUT2D eigenvalue weighted by molar-refractivity contribution is 5.26. The molecule has 1 spiro atoms. The van der Waals surface area contributed by atoms with Crippen LogP contribution < -0.4 is 0 Å². The smallest absolute Gasteiger partial charge is 0.0207 e. The van der Waals surface area contributed by atoms with Gasteiger partial charge >= 0.3 is 0 Å². The lowest BCUT2D eigenvalue weighted by Crippen LogP contribution is -2.38. The Morgan fingerprint density at radius 2 is 2.44 bits per heavy atom. The molecule has 3 rings (SSSR count). The van der Waals surface area contributed by atoms with Gasteiger partial charge in [-0.1, -0.05) is 13.3 Å². The Morgan fingerprint density at radius 3 is 2.56 bits per heavy atom. The third kappa shape index (κ3) is 0.281. The largest absolute Gasteiger partial charge is 0.0651 e. The number of hydrogen-bond donors (Lipinski definition) is 0. The van der Waals surface area contributed by atoms with Crippen molar-refractivity contribution in [2.45, 2.75) is 32.6 Å². The Bertz CT molecular complexity index is 161. The molecule has 3 aliphatic rings. The minimum absolute atomic E-state index is 0.995. The van der Waals surface area contributed by atoms with Gasteiger partial charge in [-0.05, 0) is 42.4 Å². The Labute approximate surface area is 56.6 Å². The molecular formula is C9H14. The fourth-order valence-corrected chi connectivity index (χ4v) is 3.82. The zero-order valence-electron chi connectivity index (χ0n) is 6.06. The Hall–Kier alpha value is 0. The average molecular weight is 122 g/mol. The molecule has 0 aromatic rings. The van der Waals surface area contributed by atoms with Crippen LogP contribution in [-0.2, 0) is 0 Å². The monoisotopic (exact) mass is 122 g/mol. The van der Waals surface area contributed by atoms with Crippen molar-refractivity contribution < 1.29 is 0 Å². The summed E-state index contributed by atoms with van der Waals surface area (Å²) in [4.78, 5) is 0. The fourth-order valence-electron chi connectivity index (χ4n) is 3.82. The lowest BCUT2D eigenvalue weighted by atomic mass is 9.58. The van der Waals surface area contributed by atoms with E-state index in [1.165, 1.54) is 24.2 Å². The number of rotatable bonds is 1. The second-order valence-electron chi connectivity index (χ2n) is 4.20. The molecule has 0 saturated heterocycles. The first kappa shape index (κ1) is 4.76. The van der Waals surface area contributed by atoms with Crippen molar-refractivity contribution in [3.05, 3.63) is 0 Å². The molecule has 0 aromatic carbocycles. The molecule has 0 radical (unpaired) electrons. The predicted molar refractivity (Wildman–Crippen MR) is 37.0 cm³/mol. The van der Waals surface area contributed by atoms with Crippen LogP contribution in [0.4, 0.5) is 0 Å². The highest BCUT2D eigenvalue weighted by atomic mass is 14.8. The SMILES string of the molecule is CCC1C2CC3CCC312. The minimum Gasteiger partial charge on any atom is -0.0651 e. The topological polar surface area (TPSA) is 0 Å². The average Bonchev–Trinajstić information content (AvgIpc) is 2.48. The summed E-state index contributed by atoms with van der Waals surface area (Å²) in [6.07, 6.45) is 6.26. The van der Waals surface area contributed by atoms with E-state index in [2.05, 4.69) is 6.92 Å². The van der Waals surface area contributed by atoms with Crippen LogP contribution in [0.5, 0.6) is 0 Å². The molecule has 4 unspecified atom stereocenters. The van der Waals surface area contributed by atoms with E-state index in [9.17, 15) is 0 Å². The molecule has 4 atom stereocenters. The first-order valence-electron chi connectivity index (χ1n) is 4.39. The van der Waals surface area contributed by atoms with Gasteiger partial charge in [-0.15, -0.1) is 0 Å². The maximum absolute atomic E-state index is 2.37.